The van der Waals surface area contributed by atoms with Crippen molar-refractivity contribution in [3.63, 3.8) is 0 Å². The standard InChI is InChI=1S/C25H22Cl2F3N5O3/c26-16-9-8-13(11-17(16)27)20-21(25(28,29)30)34-35-22(20)33-12-15(23(35)36)14-5-1-2-7-19(14)38-24(37)18(32)6-3-4-10-31/h1-2,5,7-9,11-12,18,34H,3-4,6,10,31-32H2/t18-/m1/s1. The van der Waals surface area contributed by atoms with Crippen LogP contribution in [0.15, 0.2) is 53.5 Å². The van der Waals surface area contributed by atoms with Gasteiger partial charge in [-0.05, 0) is 43.1 Å². The molecule has 0 fully saturated rings. The van der Waals surface area contributed by atoms with Gasteiger partial charge in [0.1, 0.15) is 17.5 Å². The van der Waals surface area contributed by atoms with Gasteiger partial charge in [0.15, 0.2) is 5.65 Å². The number of carbonyl (C=O) groups is 1. The molecule has 1 atom stereocenters. The third-order valence-corrected chi connectivity index (χ3v) is 6.55. The van der Waals surface area contributed by atoms with Gasteiger partial charge in [-0.2, -0.15) is 17.7 Å². The molecule has 13 heteroatoms. The Kier molecular flexibility index (Phi) is 8.12. The molecule has 0 unspecified atom stereocenters. The molecule has 0 aliphatic carbocycles. The molecular formula is C25H22Cl2F3N5O3. The summed E-state index contributed by atoms with van der Waals surface area (Å²) in [4.78, 5) is 30.1. The van der Waals surface area contributed by atoms with Crippen LogP contribution >= 0.6 is 23.2 Å². The van der Waals surface area contributed by atoms with E-state index in [1.165, 1.54) is 30.3 Å². The predicted molar refractivity (Wildman–Crippen MR) is 138 cm³/mol. The topological polar surface area (TPSA) is 128 Å². The van der Waals surface area contributed by atoms with Crippen LogP contribution in [0.2, 0.25) is 10.0 Å². The smallest absolute Gasteiger partial charge is 0.425 e. The van der Waals surface area contributed by atoms with Crippen molar-refractivity contribution in [3.05, 3.63) is 74.8 Å². The van der Waals surface area contributed by atoms with E-state index in [2.05, 4.69) is 10.1 Å². The minimum atomic E-state index is -4.85. The number of nitrogens with two attached hydrogens (primary N) is 2. The number of hydrogen-bond donors (Lipinski definition) is 3. The number of nitrogens with zero attached hydrogens (tertiary/aromatic N) is 2. The van der Waals surface area contributed by atoms with Gasteiger partial charge in [0.2, 0.25) is 0 Å². The molecule has 0 saturated heterocycles. The Morgan fingerprint density at radius 3 is 2.53 bits per heavy atom. The van der Waals surface area contributed by atoms with Crippen LogP contribution in [0.4, 0.5) is 13.2 Å². The molecule has 0 amide bonds. The summed E-state index contributed by atoms with van der Waals surface area (Å²) in [6.45, 7) is 0.464. The van der Waals surface area contributed by atoms with E-state index in [1.54, 1.807) is 12.1 Å². The zero-order valence-electron chi connectivity index (χ0n) is 19.7. The van der Waals surface area contributed by atoms with E-state index in [1.807, 2.05) is 0 Å². The van der Waals surface area contributed by atoms with Gasteiger partial charge in [-0.1, -0.05) is 53.9 Å². The highest BCUT2D eigenvalue weighted by atomic mass is 35.5. The molecule has 2 heterocycles. The number of nitrogens with one attached hydrogen (secondary N) is 1. The Morgan fingerprint density at radius 2 is 1.84 bits per heavy atom. The van der Waals surface area contributed by atoms with Crippen molar-refractivity contribution in [1.82, 2.24) is 14.6 Å². The Hall–Kier alpha value is -3.38. The molecule has 2 aromatic carbocycles. The second kappa shape index (κ2) is 11.2. The number of aromatic nitrogens is 3. The number of carbonyl (C=O) groups excluding carboxylic acids is 1. The summed E-state index contributed by atoms with van der Waals surface area (Å²) < 4.78 is 48.1. The Bertz CT molecular complexity index is 1550. The number of hydrogen-bond acceptors (Lipinski definition) is 6. The molecule has 0 saturated carbocycles. The van der Waals surface area contributed by atoms with Gasteiger partial charge < -0.3 is 16.2 Å². The van der Waals surface area contributed by atoms with Gasteiger partial charge in [0.05, 0.1) is 21.2 Å². The highest BCUT2D eigenvalue weighted by Gasteiger charge is 2.38. The van der Waals surface area contributed by atoms with Crippen molar-refractivity contribution in [2.75, 3.05) is 6.54 Å². The molecule has 0 spiro atoms. The van der Waals surface area contributed by atoms with Crippen LogP contribution < -0.4 is 21.8 Å². The van der Waals surface area contributed by atoms with Gasteiger partial charge in [0.25, 0.3) is 5.56 Å². The van der Waals surface area contributed by atoms with Crippen LogP contribution in [0.1, 0.15) is 25.0 Å². The number of fused-ring (bicyclic) bond motifs is 1. The lowest BCUT2D eigenvalue weighted by Gasteiger charge is -2.13. The van der Waals surface area contributed by atoms with Gasteiger partial charge in [0, 0.05) is 11.8 Å². The van der Waals surface area contributed by atoms with Crippen LogP contribution in [0.5, 0.6) is 5.75 Å². The van der Waals surface area contributed by atoms with E-state index in [4.69, 9.17) is 39.4 Å². The SMILES string of the molecule is NCCCC[C@@H](N)C(=O)Oc1ccccc1-c1cnc2c(-c3ccc(Cl)c(Cl)c3)c(C(F)(F)F)[nH]n2c1=O. The lowest BCUT2D eigenvalue weighted by Crippen LogP contribution is -2.34. The third kappa shape index (κ3) is 5.56. The molecule has 4 rings (SSSR count). The number of rotatable bonds is 8. The predicted octanol–water partition coefficient (Wildman–Crippen LogP) is 5.04. The molecule has 4 aromatic rings. The van der Waals surface area contributed by atoms with Crippen LogP contribution in [0.25, 0.3) is 27.9 Å². The van der Waals surface area contributed by atoms with E-state index < -0.39 is 29.4 Å². The summed E-state index contributed by atoms with van der Waals surface area (Å²) in [6.07, 6.45) is -2.05. The molecule has 0 aliphatic rings. The highest BCUT2D eigenvalue weighted by molar-refractivity contribution is 6.42. The summed E-state index contributed by atoms with van der Waals surface area (Å²) in [5, 5.41) is 2.31. The van der Waals surface area contributed by atoms with Gasteiger partial charge >= 0.3 is 12.1 Å². The first-order valence-electron chi connectivity index (χ1n) is 11.5. The number of alkyl halides is 3. The Morgan fingerprint density at radius 1 is 1.11 bits per heavy atom. The van der Waals surface area contributed by atoms with E-state index in [0.717, 1.165) is 6.20 Å². The maximum absolute atomic E-state index is 14.0. The summed E-state index contributed by atoms with van der Waals surface area (Å²) in [6, 6.07) is 9.13. The van der Waals surface area contributed by atoms with Crippen molar-refractivity contribution in [2.45, 2.75) is 31.5 Å². The largest absolute Gasteiger partial charge is 0.433 e. The van der Waals surface area contributed by atoms with E-state index >= 15 is 0 Å². The van der Waals surface area contributed by atoms with Crippen LogP contribution in [-0.2, 0) is 11.0 Å². The highest BCUT2D eigenvalue weighted by Crippen LogP contribution is 2.40. The van der Waals surface area contributed by atoms with Gasteiger partial charge in [-0.15, -0.1) is 0 Å². The molecule has 0 aliphatic heterocycles. The van der Waals surface area contributed by atoms with Crippen molar-refractivity contribution in [3.8, 4) is 28.0 Å². The maximum atomic E-state index is 14.0. The van der Waals surface area contributed by atoms with Crippen LogP contribution in [-0.4, -0.2) is 33.2 Å². The number of para-hydroxylation sites is 1. The average Bonchev–Trinajstić information content (AvgIpc) is 3.28. The summed E-state index contributed by atoms with van der Waals surface area (Å²) in [7, 11) is 0. The number of benzene rings is 2. The lowest BCUT2D eigenvalue weighted by molar-refractivity contribution is -0.140. The zero-order valence-corrected chi connectivity index (χ0v) is 21.2. The maximum Gasteiger partial charge on any atom is 0.433 e. The fraction of sp³-hybridized carbons (Fsp3) is 0.240. The molecule has 0 radical (unpaired) electrons. The normalized spacial score (nSPS) is 12.6. The molecule has 38 heavy (non-hydrogen) atoms. The van der Waals surface area contributed by atoms with Crippen LogP contribution in [0, 0.1) is 0 Å². The number of unbranched alkanes of at least 4 members (excludes halogenated alkanes) is 1. The quantitative estimate of drug-likeness (QED) is 0.155. The summed E-state index contributed by atoms with van der Waals surface area (Å²) in [5.41, 5.74) is 8.80. The fourth-order valence-electron chi connectivity index (χ4n) is 3.92. The van der Waals surface area contributed by atoms with Crippen molar-refractivity contribution in [1.29, 1.82) is 0 Å². The molecule has 0 bridgehead atoms. The average molecular weight is 568 g/mol. The molecule has 8 nitrogen and oxygen atoms in total. The van der Waals surface area contributed by atoms with Crippen LogP contribution in [0.3, 0.4) is 0 Å². The fourth-order valence-corrected chi connectivity index (χ4v) is 4.22. The molecule has 5 N–H and O–H groups in total. The lowest BCUT2D eigenvalue weighted by atomic mass is 10.0. The Balaban J connectivity index is 1.80. The van der Waals surface area contributed by atoms with E-state index in [-0.39, 0.29) is 43.7 Å². The second-order valence-electron chi connectivity index (χ2n) is 8.43. The number of esters is 1. The second-order valence-corrected chi connectivity index (χ2v) is 9.25. The minimum Gasteiger partial charge on any atom is -0.425 e. The monoisotopic (exact) mass is 567 g/mol. The zero-order chi connectivity index (χ0) is 27.6. The molecular weight excluding hydrogens is 546 g/mol. The van der Waals surface area contributed by atoms with Gasteiger partial charge in [-0.25, -0.2) is 9.78 Å². The number of halogens is 5. The van der Waals surface area contributed by atoms with Crippen molar-refractivity contribution in [2.24, 2.45) is 11.5 Å². The summed E-state index contributed by atoms with van der Waals surface area (Å²) in [5.74, 6) is -0.706. The first-order chi connectivity index (χ1) is 18.0. The number of H-pyrrole nitrogens is 1. The Labute approximate surface area is 224 Å². The minimum absolute atomic E-state index is 0.0120. The van der Waals surface area contributed by atoms with Gasteiger partial charge in [-0.3, -0.25) is 9.89 Å². The number of ether oxygens (including phenoxy) is 1. The van der Waals surface area contributed by atoms with Crippen molar-refractivity contribution < 1.29 is 22.7 Å². The van der Waals surface area contributed by atoms with E-state index in [9.17, 15) is 22.8 Å². The first kappa shape index (κ1) is 27.6. The molecule has 200 valence electrons. The molecule has 2 aromatic heterocycles. The number of aromatic amines is 1. The summed E-state index contributed by atoms with van der Waals surface area (Å²) >= 11 is 12.0. The first-order valence-corrected chi connectivity index (χ1v) is 12.2. The van der Waals surface area contributed by atoms with E-state index in [0.29, 0.717) is 30.3 Å². The third-order valence-electron chi connectivity index (χ3n) is 5.81. The van der Waals surface area contributed by atoms with Crippen molar-refractivity contribution >= 4 is 34.8 Å².